The van der Waals surface area contributed by atoms with E-state index in [2.05, 4.69) is 48.1 Å². The van der Waals surface area contributed by atoms with E-state index in [4.69, 9.17) is 4.74 Å². The van der Waals surface area contributed by atoms with Crippen molar-refractivity contribution in [1.29, 1.82) is 0 Å². The molecular weight excluding hydrogens is 356 g/mol. The van der Waals surface area contributed by atoms with E-state index >= 15 is 0 Å². The van der Waals surface area contributed by atoms with Crippen LogP contribution < -0.4 is 4.74 Å². The summed E-state index contributed by atoms with van der Waals surface area (Å²) in [5, 5.41) is 0. The van der Waals surface area contributed by atoms with E-state index in [1.165, 1.54) is 76.2 Å². The summed E-state index contributed by atoms with van der Waals surface area (Å²) >= 11 is 0. The Morgan fingerprint density at radius 2 is 1.41 bits per heavy atom. The van der Waals surface area contributed by atoms with Crippen LogP contribution in [-0.4, -0.2) is 16.6 Å². The predicted octanol–water partition coefficient (Wildman–Crippen LogP) is 7.79. The average molecular weight is 397 g/mol. The quantitative estimate of drug-likeness (QED) is 0.272. The first kappa shape index (κ1) is 23.4. The molecule has 0 aliphatic carbocycles. The molecule has 1 heterocycles. The number of aryl methyl sites for hydroxylation is 1. The van der Waals surface area contributed by atoms with Gasteiger partial charge in [-0.15, -0.1) is 0 Å². The molecule has 3 heteroatoms. The van der Waals surface area contributed by atoms with Gasteiger partial charge in [-0.25, -0.2) is 9.97 Å². The number of hydrogen-bond donors (Lipinski definition) is 0. The summed E-state index contributed by atoms with van der Waals surface area (Å²) in [4.78, 5) is 8.91. The summed E-state index contributed by atoms with van der Waals surface area (Å²) in [6.45, 7) is 5.30. The van der Waals surface area contributed by atoms with Crippen molar-refractivity contribution in [3.63, 3.8) is 0 Å². The molecule has 0 saturated carbocycles. The highest BCUT2D eigenvalue weighted by Crippen LogP contribution is 2.31. The summed E-state index contributed by atoms with van der Waals surface area (Å²) in [6.07, 6.45) is 20.2. The van der Waals surface area contributed by atoms with Gasteiger partial charge in [0.05, 0.1) is 12.3 Å². The second kappa shape index (κ2) is 15.0. The fourth-order valence-electron chi connectivity index (χ4n) is 3.73. The van der Waals surface area contributed by atoms with Gasteiger partial charge in [0.15, 0.2) is 0 Å². The fraction of sp³-hybridized carbons (Fsp3) is 0.615. The van der Waals surface area contributed by atoms with Gasteiger partial charge in [-0.3, -0.25) is 0 Å². The van der Waals surface area contributed by atoms with Gasteiger partial charge < -0.3 is 4.74 Å². The van der Waals surface area contributed by atoms with Crippen molar-refractivity contribution < 1.29 is 4.74 Å². The van der Waals surface area contributed by atoms with E-state index < -0.39 is 0 Å². The Bertz CT molecular complexity index is 671. The summed E-state index contributed by atoms with van der Waals surface area (Å²) in [5.74, 6) is 0.948. The molecule has 29 heavy (non-hydrogen) atoms. The van der Waals surface area contributed by atoms with Crippen molar-refractivity contribution in [3.8, 4) is 17.0 Å². The smallest absolute Gasteiger partial charge is 0.128 e. The maximum atomic E-state index is 6.16. The Morgan fingerprint density at radius 1 is 0.759 bits per heavy atom. The second-order valence-electron chi connectivity index (χ2n) is 8.03. The van der Waals surface area contributed by atoms with Crippen molar-refractivity contribution in [2.24, 2.45) is 0 Å². The van der Waals surface area contributed by atoms with Crippen LogP contribution >= 0.6 is 0 Å². The third kappa shape index (κ3) is 8.97. The first-order valence-electron chi connectivity index (χ1n) is 11.9. The van der Waals surface area contributed by atoms with Crippen LogP contribution in [0.15, 0.2) is 36.8 Å². The van der Waals surface area contributed by atoms with Gasteiger partial charge in [-0.2, -0.15) is 0 Å². The largest absolute Gasteiger partial charge is 0.493 e. The molecule has 2 aromatic rings. The fourth-order valence-corrected chi connectivity index (χ4v) is 3.73. The zero-order chi connectivity index (χ0) is 20.6. The lowest BCUT2D eigenvalue weighted by atomic mass is 10.0. The van der Waals surface area contributed by atoms with Gasteiger partial charge in [-0.05, 0) is 37.0 Å². The van der Waals surface area contributed by atoms with Gasteiger partial charge in [0.1, 0.15) is 12.1 Å². The summed E-state index contributed by atoms with van der Waals surface area (Å²) in [5.41, 5.74) is 3.37. The number of unbranched alkanes of at least 4 members (excludes halogenated alkanes) is 10. The molecule has 0 aliphatic heterocycles. The minimum atomic E-state index is 0.779. The van der Waals surface area contributed by atoms with E-state index in [9.17, 15) is 0 Å². The van der Waals surface area contributed by atoms with Crippen molar-refractivity contribution in [3.05, 3.63) is 42.4 Å². The van der Waals surface area contributed by atoms with Crippen molar-refractivity contribution >= 4 is 0 Å². The van der Waals surface area contributed by atoms with Crippen LogP contribution in [0.3, 0.4) is 0 Å². The van der Waals surface area contributed by atoms with Gasteiger partial charge >= 0.3 is 0 Å². The number of nitrogens with zero attached hydrogens (tertiary/aromatic N) is 2. The molecule has 2 rings (SSSR count). The number of para-hydroxylation sites is 1. The Balaban J connectivity index is 1.91. The number of benzene rings is 1. The highest BCUT2D eigenvalue weighted by Gasteiger charge is 2.12. The van der Waals surface area contributed by atoms with Gasteiger partial charge in [-0.1, -0.05) is 90.2 Å². The molecule has 0 unspecified atom stereocenters. The normalized spacial score (nSPS) is 11.0. The van der Waals surface area contributed by atoms with E-state index in [0.29, 0.717) is 0 Å². The molecule has 1 aromatic carbocycles. The summed E-state index contributed by atoms with van der Waals surface area (Å²) in [6, 6.07) is 8.32. The lowest BCUT2D eigenvalue weighted by Crippen LogP contribution is -2.01. The molecule has 0 fully saturated rings. The highest BCUT2D eigenvalue weighted by atomic mass is 16.5. The minimum absolute atomic E-state index is 0.779. The van der Waals surface area contributed by atoms with Gasteiger partial charge in [0.25, 0.3) is 0 Å². The maximum absolute atomic E-state index is 6.16. The lowest BCUT2D eigenvalue weighted by Gasteiger charge is -2.13. The van der Waals surface area contributed by atoms with Crippen LogP contribution in [0.4, 0.5) is 0 Å². The highest BCUT2D eigenvalue weighted by molar-refractivity contribution is 5.69. The topological polar surface area (TPSA) is 35.0 Å². The van der Waals surface area contributed by atoms with E-state index in [1.807, 2.05) is 6.20 Å². The van der Waals surface area contributed by atoms with Crippen LogP contribution in [0.5, 0.6) is 5.75 Å². The third-order valence-electron chi connectivity index (χ3n) is 5.49. The van der Waals surface area contributed by atoms with E-state index in [1.54, 1.807) is 6.33 Å². The molecule has 0 spiro atoms. The van der Waals surface area contributed by atoms with Gasteiger partial charge in [0, 0.05) is 11.8 Å². The second-order valence-corrected chi connectivity index (χ2v) is 8.03. The van der Waals surface area contributed by atoms with Crippen LogP contribution in [0.25, 0.3) is 11.3 Å². The van der Waals surface area contributed by atoms with Crippen LogP contribution in [0.2, 0.25) is 0 Å². The predicted molar refractivity (Wildman–Crippen MR) is 123 cm³/mol. The third-order valence-corrected chi connectivity index (χ3v) is 5.49. The molecule has 0 saturated heterocycles. The van der Waals surface area contributed by atoms with Crippen molar-refractivity contribution in [1.82, 2.24) is 9.97 Å². The van der Waals surface area contributed by atoms with Gasteiger partial charge in [0.2, 0.25) is 0 Å². The standard InChI is InChI=1S/C26H40N2O/c1-3-5-7-9-11-13-17-23-21-27-22-28-26(23)24-18-14-15-19-25(24)29-20-16-12-10-8-6-4-2/h14-15,18-19,21-22H,3-13,16-17,20H2,1-2H3. The Hall–Kier alpha value is -1.90. The summed E-state index contributed by atoms with van der Waals surface area (Å²) in [7, 11) is 0. The number of ether oxygens (including phenoxy) is 1. The van der Waals surface area contributed by atoms with Crippen LogP contribution in [0.1, 0.15) is 96.5 Å². The molecule has 3 nitrogen and oxygen atoms in total. The molecule has 0 radical (unpaired) electrons. The lowest BCUT2D eigenvalue weighted by molar-refractivity contribution is 0.305. The molecule has 0 bridgehead atoms. The zero-order valence-corrected chi connectivity index (χ0v) is 18.7. The molecule has 0 aliphatic rings. The molecule has 0 N–H and O–H groups in total. The SMILES string of the molecule is CCCCCCCCOc1ccccc1-c1ncncc1CCCCCCCC. The summed E-state index contributed by atoms with van der Waals surface area (Å²) < 4.78 is 6.16. The molecule has 0 amide bonds. The maximum Gasteiger partial charge on any atom is 0.128 e. The average Bonchev–Trinajstić information content (AvgIpc) is 2.76. The molecule has 160 valence electrons. The van der Waals surface area contributed by atoms with Crippen LogP contribution in [-0.2, 0) is 6.42 Å². The minimum Gasteiger partial charge on any atom is -0.493 e. The van der Waals surface area contributed by atoms with Crippen molar-refractivity contribution in [2.45, 2.75) is 97.3 Å². The Labute approximate surface area is 178 Å². The van der Waals surface area contributed by atoms with Crippen LogP contribution in [0, 0.1) is 0 Å². The number of hydrogen-bond acceptors (Lipinski definition) is 3. The number of rotatable bonds is 16. The van der Waals surface area contributed by atoms with E-state index in [-0.39, 0.29) is 0 Å². The van der Waals surface area contributed by atoms with E-state index in [0.717, 1.165) is 36.5 Å². The molecule has 1 aromatic heterocycles. The first-order valence-corrected chi connectivity index (χ1v) is 11.9. The first-order chi connectivity index (χ1) is 14.4. The molecule has 0 atom stereocenters. The Kier molecular flexibility index (Phi) is 12.1. The Morgan fingerprint density at radius 3 is 2.17 bits per heavy atom. The number of aromatic nitrogens is 2. The van der Waals surface area contributed by atoms with Crippen molar-refractivity contribution in [2.75, 3.05) is 6.61 Å². The monoisotopic (exact) mass is 396 g/mol. The zero-order valence-electron chi connectivity index (χ0n) is 18.7. The molecular formula is C26H40N2O.